The average Bonchev–Trinajstić information content (AvgIpc) is 2.38. The van der Waals surface area contributed by atoms with Crippen molar-refractivity contribution >= 4 is 5.69 Å². The summed E-state index contributed by atoms with van der Waals surface area (Å²) in [6.07, 6.45) is 0. The van der Waals surface area contributed by atoms with E-state index in [4.69, 9.17) is 9.47 Å². The molecule has 19 heavy (non-hydrogen) atoms. The van der Waals surface area contributed by atoms with Crippen LogP contribution in [0, 0.1) is 27.4 Å². The van der Waals surface area contributed by atoms with Crippen molar-refractivity contribution in [2.75, 3.05) is 13.2 Å². The fraction of sp³-hybridized carbons (Fsp3) is 0.462. The van der Waals surface area contributed by atoms with Gasteiger partial charge in [-0.25, -0.2) is 0 Å². The first-order valence-electron chi connectivity index (χ1n) is 6.02. The van der Waals surface area contributed by atoms with E-state index in [-0.39, 0.29) is 17.4 Å². The highest BCUT2D eigenvalue weighted by Crippen LogP contribution is 2.42. The predicted molar refractivity (Wildman–Crippen MR) is 67.3 cm³/mol. The van der Waals surface area contributed by atoms with Crippen molar-refractivity contribution in [2.24, 2.45) is 5.92 Å². The molecule has 1 aliphatic heterocycles. The Kier molecular flexibility index (Phi) is 3.56. The normalized spacial score (nSPS) is 14.8. The van der Waals surface area contributed by atoms with Gasteiger partial charge in [-0.3, -0.25) is 10.1 Å². The van der Waals surface area contributed by atoms with Crippen LogP contribution in [-0.2, 0) is 0 Å². The van der Waals surface area contributed by atoms with Crippen molar-refractivity contribution in [1.29, 1.82) is 5.26 Å². The van der Waals surface area contributed by atoms with Crippen LogP contribution in [0.15, 0.2) is 12.1 Å². The molecule has 0 aromatic heterocycles. The van der Waals surface area contributed by atoms with E-state index in [9.17, 15) is 15.4 Å². The minimum atomic E-state index is -0.508. The van der Waals surface area contributed by atoms with Gasteiger partial charge in [0.05, 0.1) is 16.9 Å². The first kappa shape index (κ1) is 13.1. The van der Waals surface area contributed by atoms with Gasteiger partial charge in [0.15, 0.2) is 5.75 Å². The summed E-state index contributed by atoms with van der Waals surface area (Å²) in [6.45, 7) is 4.44. The van der Waals surface area contributed by atoms with Crippen LogP contribution in [0.1, 0.15) is 25.3 Å². The third kappa shape index (κ3) is 2.45. The van der Waals surface area contributed by atoms with Gasteiger partial charge in [0, 0.05) is 6.07 Å². The van der Waals surface area contributed by atoms with Crippen LogP contribution in [0.3, 0.4) is 0 Å². The number of nitriles is 1. The zero-order valence-corrected chi connectivity index (χ0v) is 10.8. The minimum Gasteiger partial charge on any atom is -0.486 e. The monoisotopic (exact) mass is 262 g/mol. The molecule has 0 radical (unpaired) electrons. The summed E-state index contributed by atoms with van der Waals surface area (Å²) in [5, 5.41) is 20.3. The Morgan fingerprint density at radius 2 is 2.05 bits per heavy atom. The van der Waals surface area contributed by atoms with E-state index in [2.05, 4.69) is 6.07 Å². The van der Waals surface area contributed by atoms with Gasteiger partial charge in [-0.05, 0) is 17.5 Å². The SMILES string of the molecule is CC(C)C(C#N)c1cc2c(c([N+](=O)[O-])c1)OCCO2. The van der Waals surface area contributed by atoms with Crippen LogP contribution in [-0.4, -0.2) is 18.1 Å². The summed E-state index contributed by atoms with van der Waals surface area (Å²) in [7, 11) is 0. The lowest BCUT2D eigenvalue weighted by atomic mass is 9.89. The number of nitro groups is 1. The Morgan fingerprint density at radius 3 is 2.63 bits per heavy atom. The first-order valence-corrected chi connectivity index (χ1v) is 6.02. The number of ether oxygens (including phenoxy) is 2. The zero-order chi connectivity index (χ0) is 14.0. The van der Waals surface area contributed by atoms with Gasteiger partial charge in [0.1, 0.15) is 13.2 Å². The van der Waals surface area contributed by atoms with Gasteiger partial charge in [0.25, 0.3) is 0 Å². The molecule has 6 nitrogen and oxygen atoms in total. The molecule has 0 amide bonds. The molecule has 0 aliphatic carbocycles. The lowest BCUT2D eigenvalue weighted by Gasteiger charge is -2.21. The second kappa shape index (κ2) is 5.14. The number of hydrogen-bond donors (Lipinski definition) is 0. The maximum absolute atomic E-state index is 11.1. The molecule has 1 unspecified atom stereocenters. The van der Waals surface area contributed by atoms with Crippen LogP contribution in [0.25, 0.3) is 0 Å². The van der Waals surface area contributed by atoms with Crippen molar-refractivity contribution in [2.45, 2.75) is 19.8 Å². The maximum Gasteiger partial charge on any atom is 0.315 e. The largest absolute Gasteiger partial charge is 0.486 e. The van der Waals surface area contributed by atoms with Crippen LogP contribution in [0.2, 0.25) is 0 Å². The van der Waals surface area contributed by atoms with E-state index < -0.39 is 10.8 Å². The molecule has 0 bridgehead atoms. The number of hydrogen-bond acceptors (Lipinski definition) is 5. The predicted octanol–water partition coefficient (Wildman–Crippen LogP) is 2.63. The van der Waals surface area contributed by atoms with Crippen LogP contribution < -0.4 is 9.47 Å². The van der Waals surface area contributed by atoms with Crippen molar-refractivity contribution < 1.29 is 14.4 Å². The second-order valence-electron chi connectivity index (χ2n) is 4.67. The molecule has 0 N–H and O–H groups in total. The summed E-state index contributed by atoms with van der Waals surface area (Å²) < 4.78 is 10.7. The van der Waals surface area contributed by atoms with E-state index >= 15 is 0 Å². The topological polar surface area (TPSA) is 85.4 Å². The van der Waals surface area contributed by atoms with E-state index in [0.717, 1.165) is 0 Å². The van der Waals surface area contributed by atoms with Crippen LogP contribution >= 0.6 is 0 Å². The highest BCUT2D eigenvalue weighted by atomic mass is 16.6. The molecule has 2 rings (SSSR count). The lowest BCUT2D eigenvalue weighted by Crippen LogP contribution is -2.17. The molecule has 0 fully saturated rings. The Hall–Kier alpha value is -2.29. The van der Waals surface area contributed by atoms with E-state index in [1.54, 1.807) is 6.07 Å². The molecule has 1 aliphatic rings. The van der Waals surface area contributed by atoms with Crippen molar-refractivity contribution in [3.8, 4) is 17.6 Å². The third-order valence-electron chi connectivity index (χ3n) is 3.01. The fourth-order valence-electron chi connectivity index (χ4n) is 2.08. The van der Waals surface area contributed by atoms with Gasteiger partial charge in [-0.2, -0.15) is 5.26 Å². The van der Waals surface area contributed by atoms with Gasteiger partial charge in [0.2, 0.25) is 5.75 Å². The number of nitrogens with zero attached hydrogens (tertiary/aromatic N) is 2. The standard InChI is InChI=1S/C13H14N2O4/c1-8(2)10(7-14)9-5-11(15(16)17)13-12(6-9)18-3-4-19-13/h5-6,8,10H,3-4H2,1-2H3. The van der Waals surface area contributed by atoms with Gasteiger partial charge < -0.3 is 9.47 Å². The van der Waals surface area contributed by atoms with E-state index in [1.807, 2.05) is 13.8 Å². The summed E-state index contributed by atoms with van der Waals surface area (Å²) >= 11 is 0. The van der Waals surface area contributed by atoms with E-state index in [1.165, 1.54) is 6.07 Å². The molecule has 1 heterocycles. The molecule has 1 aromatic carbocycles. The van der Waals surface area contributed by atoms with E-state index in [0.29, 0.717) is 24.5 Å². The zero-order valence-electron chi connectivity index (χ0n) is 10.8. The number of nitro benzene ring substituents is 1. The number of benzene rings is 1. The van der Waals surface area contributed by atoms with Gasteiger partial charge in [-0.15, -0.1) is 0 Å². The highest BCUT2D eigenvalue weighted by molar-refractivity contribution is 5.59. The number of fused-ring (bicyclic) bond motifs is 1. The highest BCUT2D eigenvalue weighted by Gasteiger charge is 2.28. The van der Waals surface area contributed by atoms with Crippen molar-refractivity contribution in [3.05, 3.63) is 27.8 Å². The maximum atomic E-state index is 11.1. The molecule has 1 atom stereocenters. The Bertz CT molecular complexity index is 548. The molecule has 1 aromatic rings. The molecular formula is C13H14N2O4. The minimum absolute atomic E-state index is 0.0622. The van der Waals surface area contributed by atoms with Crippen molar-refractivity contribution in [1.82, 2.24) is 0 Å². The third-order valence-corrected chi connectivity index (χ3v) is 3.01. The lowest BCUT2D eigenvalue weighted by molar-refractivity contribution is -0.386. The quantitative estimate of drug-likeness (QED) is 0.617. The summed E-state index contributed by atoms with van der Waals surface area (Å²) in [4.78, 5) is 10.6. The molecular weight excluding hydrogens is 248 g/mol. The fourth-order valence-corrected chi connectivity index (χ4v) is 2.08. The Balaban J connectivity index is 2.56. The number of rotatable bonds is 3. The van der Waals surface area contributed by atoms with Crippen LogP contribution in [0.5, 0.6) is 11.5 Å². The molecule has 0 saturated heterocycles. The summed E-state index contributed by atoms with van der Waals surface area (Å²) in [6, 6.07) is 5.24. The molecule has 100 valence electrons. The van der Waals surface area contributed by atoms with Crippen molar-refractivity contribution in [3.63, 3.8) is 0 Å². The summed E-state index contributed by atoms with van der Waals surface area (Å²) in [5.74, 6) is 0.151. The second-order valence-corrected chi connectivity index (χ2v) is 4.67. The smallest absolute Gasteiger partial charge is 0.315 e. The molecule has 0 saturated carbocycles. The molecule has 0 spiro atoms. The van der Waals surface area contributed by atoms with Gasteiger partial charge >= 0.3 is 5.69 Å². The average molecular weight is 262 g/mol. The Labute approximate surface area is 110 Å². The van der Waals surface area contributed by atoms with Gasteiger partial charge in [-0.1, -0.05) is 13.8 Å². The first-order chi connectivity index (χ1) is 9.04. The van der Waals surface area contributed by atoms with Crippen LogP contribution in [0.4, 0.5) is 5.69 Å². The summed E-state index contributed by atoms with van der Waals surface area (Å²) in [5.41, 5.74) is 0.446. The molecule has 6 heteroatoms. The Morgan fingerprint density at radius 1 is 1.37 bits per heavy atom.